The zero-order valence-corrected chi connectivity index (χ0v) is 8.43. The highest BCUT2D eigenvalue weighted by Crippen LogP contribution is 2.16. The van der Waals surface area contributed by atoms with Gasteiger partial charge in [0.05, 0.1) is 6.61 Å². The van der Waals surface area contributed by atoms with E-state index in [0.29, 0.717) is 5.75 Å². The van der Waals surface area contributed by atoms with Crippen LogP contribution >= 0.6 is 15.9 Å². The molecule has 0 radical (unpaired) electrons. The molecule has 0 atom stereocenters. The second kappa shape index (κ2) is 5.17. The number of halogens is 3. The Kier molecular flexibility index (Phi) is 4.15. The fourth-order valence-electron chi connectivity index (χ4n) is 0.797. The monoisotopic (exact) mass is 250 g/mol. The van der Waals surface area contributed by atoms with Crippen LogP contribution in [-0.4, -0.2) is 13.0 Å². The molecule has 0 aliphatic heterocycles. The van der Waals surface area contributed by atoms with Gasteiger partial charge in [0.25, 0.3) is 0 Å². The Balaban J connectivity index is 2.33. The molecule has 0 aliphatic carbocycles. The van der Waals surface area contributed by atoms with Crippen molar-refractivity contribution in [1.82, 2.24) is 0 Å². The third-order valence-corrected chi connectivity index (χ3v) is 1.95. The molecule has 1 rings (SSSR count). The lowest BCUT2D eigenvalue weighted by molar-refractivity contribution is 0.114. The van der Waals surface area contributed by atoms with E-state index in [1.807, 2.05) is 0 Å². The Bertz CT molecular complexity index is 248. The van der Waals surface area contributed by atoms with Crippen LogP contribution in [0.4, 0.5) is 8.78 Å². The number of hydrogen-bond acceptors (Lipinski definition) is 1. The van der Waals surface area contributed by atoms with Gasteiger partial charge in [-0.2, -0.15) is 0 Å². The van der Waals surface area contributed by atoms with E-state index in [4.69, 9.17) is 4.74 Å². The number of alkyl halides is 2. The van der Waals surface area contributed by atoms with Gasteiger partial charge >= 0.3 is 0 Å². The molecule has 0 saturated heterocycles. The summed E-state index contributed by atoms with van der Waals surface area (Å²) in [5.74, 6) is 0.615. The second-order valence-corrected chi connectivity index (χ2v) is 3.40. The lowest BCUT2D eigenvalue weighted by atomic mass is 10.3. The molecule has 1 aromatic carbocycles. The van der Waals surface area contributed by atoms with Crippen molar-refractivity contribution in [2.45, 2.75) is 12.8 Å². The smallest absolute Gasteiger partial charge is 0.241 e. The maximum atomic E-state index is 11.7. The van der Waals surface area contributed by atoms with Gasteiger partial charge in [0.2, 0.25) is 6.43 Å². The summed E-state index contributed by atoms with van der Waals surface area (Å²) in [6, 6.07) is 7.07. The highest BCUT2D eigenvalue weighted by Gasteiger charge is 2.01. The zero-order chi connectivity index (χ0) is 9.68. The number of benzene rings is 1. The van der Waals surface area contributed by atoms with Crippen LogP contribution in [0, 0.1) is 0 Å². The van der Waals surface area contributed by atoms with Crippen LogP contribution < -0.4 is 4.74 Å². The minimum absolute atomic E-state index is 0.0549. The van der Waals surface area contributed by atoms with Crippen molar-refractivity contribution in [3.8, 4) is 5.75 Å². The van der Waals surface area contributed by atoms with Gasteiger partial charge in [0.15, 0.2) is 0 Å². The van der Waals surface area contributed by atoms with Crippen LogP contribution in [0.15, 0.2) is 28.7 Å². The summed E-state index contributed by atoms with van der Waals surface area (Å²) in [6.45, 7) is 0.0549. The predicted octanol–water partition coefficient (Wildman–Crippen LogP) is 3.48. The van der Waals surface area contributed by atoms with Crippen molar-refractivity contribution in [2.24, 2.45) is 0 Å². The molecule has 13 heavy (non-hydrogen) atoms. The first-order valence-corrected chi connectivity index (χ1v) is 4.64. The van der Waals surface area contributed by atoms with Gasteiger partial charge in [-0.25, -0.2) is 8.78 Å². The molecule has 0 N–H and O–H groups in total. The highest BCUT2D eigenvalue weighted by molar-refractivity contribution is 9.10. The van der Waals surface area contributed by atoms with E-state index in [2.05, 4.69) is 15.9 Å². The van der Waals surface area contributed by atoms with E-state index in [0.717, 1.165) is 4.47 Å². The first kappa shape index (κ1) is 10.4. The van der Waals surface area contributed by atoms with Crippen molar-refractivity contribution >= 4 is 15.9 Å². The summed E-state index contributed by atoms with van der Waals surface area (Å²) < 4.78 is 29.4. The number of hydrogen-bond donors (Lipinski definition) is 0. The molecule has 0 aliphatic rings. The van der Waals surface area contributed by atoms with Gasteiger partial charge in [-0.3, -0.25) is 0 Å². The van der Waals surface area contributed by atoms with Gasteiger partial charge < -0.3 is 4.74 Å². The van der Waals surface area contributed by atoms with Crippen molar-refractivity contribution in [3.63, 3.8) is 0 Å². The molecule has 0 bridgehead atoms. The first-order chi connectivity index (χ1) is 6.18. The third kappa shape index (κ3) is 4.22. The van der Waals surface area contributed by atoms with E-state index < -0.39 is 6.43 Å². The highest BCUT2D eigenvalue weighted by atomic mass is 79.9. The Morgan fingerprint density at radius 1 is 1.23 bits per heavy atom. The van der Waals surface area contributed by atoms with Crippen molar-refractivity contribution in [2.75, 3.05) is 6.61 Å². The number of rotatable bonds is 4. The van der Waals surface area contributed by atoms with Gasteiger partial charge in [0.1, 0.15) is 5.75 Å². The summed E-state index contributed by atoms with van der Waals surface area (Å²) in [6.07, 6.45) is -2.52. The Labute approximate surface area is 83.8 Å². The lowest BCUT2D eigenvalue weighted by Gasteiger charge is -2.04. The average Bonchev–Trinajstić information content (AvgIpc) is 2.08. The first-order valence-electron chi connectivity index (χ1n) is 3.85. The summed E-state index contributed by atoms with van der Waals surface area (Å²) >= 11 is 3.26. The molecular weight excluding hydrogens is 242 g/mol. The van der Waals surface area contributed by atoms with E-state index in [1.54, 1.807) is 24.3 Å². The Morgan fingerprint density at radius 2 is 1.85 bits per heavy atom. The van der Waals surface area contributed by atoms with E-state index in [9.17, 15) is 8.78 Å². The normalized spacial score (nSPS) is 10.5. The molecule has 1 aromatic rings. The van der Waals surface area contributed by atoms with Crippen molar-refractivity contribution in [3.05, 3.63) is 28.7 Å². The summed E-state index contributed by atoms with van der Waals surface area (Å²) in [5, 5.41) is 0. The van der Waals surface area contributed by atoms with Crippen LogP contribution in [-0.2, 0) is 0 Å². The maximum Gasteiger partial charge on any atom is 0.241 e. The molecule has 0 spiro atoms. The fourth-order valence-corrected chi connectivity index (χ4v) is 1.06. The van der Waals surface area contributed by atoms with Gasteiger partial charge in [0, 0.05) is 10.9 Å². The Hall–Kier alpha value is -0.640. The molecule has 1 nitrogen and oxygen atoms in total. The van der Waals surface area contributed by atoms with Crippen LogP contribution in [0.25, 0.3) is 0 Å². The minimum atomic E-state index is -2.30. The third-order valence-electron chi connectivity index (χ3n) is 1.42. The molecule has 0 amide bonds. The van der Waals surface area contributed by atoms with Crippen LogP contribution in [0.5, 0.6) is 5.75 Å². The van der Waals surface area contributed by atoms with E-state index in [1.165, 1.54) is 0 Å². The molecule has 0 saturated carbocycles. The van der Waals surface area contributed by atoms with E-state index >= 15 is 0 Å². The molecule has 72 valence electrons. The van der Waals surface area contributed by atoms with Crippen molar-refractivity contribution < 1.29 is 13.5 Å². The molecule has 0 fully saturated rings. The quantitative estimate of drug-likeness (QED) is 0.795. The fraction of sp³-hybridized carbons (Fsp3) is 0.333. The van der Waals surface area contributed by atoms with E-state index in [-0.39, 0.29) is 13.0 Å². The minimum Gasteiger partial charge on any atom is -0.493 e. The van der Waals surface area contributed by atoms with Gasteiger partial charge in [-0.05, 0) is 24.3 Å². The van der Waals surface area contributed by atoms with Crippen LogP contribution in [0.1, 0.15) is 6.42 Å². The topological polar surface area (TPSA) is 9.23 Å². The standard InChI is InChI=1S/C9H9BrF2O/c10-7-1-3-8(4-2-7)13-6-5-9(11)12/h1-4,9H,5-6H2. The largest absolute Gasteiger partial charge is 0.493 e. The molecule has 0 unspecified atom stereocenters. The molecular formula is C9H9BrF2O. The van der Waals surface area contributed by atoms with Crippen molar-refractivity contribution in [1.29, 1.82) is 0 Å². The summed E-state index contributed by atoms with van der Waals surface area (Å²) in [5.41, 5.74) is 0. The zero-order valence-electron chi connectivity index (χ0n) is 6.84. The maximum absolute atomic E-state index is 11.7. The summed E-state index contributed by atoms with van der Waals surface area (Å²) in [4.78, 5) is 0. The van der Waals surface area contributed by atoms with Crippen LogP contribution in [0.3, 0.4) is 0 Å². The molecule has 0 heterocycles. The SMILES string of the molecule is FC(F)CCOc1ccc(Br)cc1. The predicted molar refractivity (Wildman–Crippen MR) is 50.3 cm³/mol. The van der Waals surface area contributed by atoms with Crippen LogP contribution in [0.2, 0.25) is 0 Å². The van der Waals surface area contributed by atoms with Gasteiger partial charge in [-0.15, -0.1) is 0 Å². The van der Waals surface area contributed by atoms with Gasteiger partial charge in [-0.1, -0.05) is 15.9 Å². The lowest BCUT2D eigenvalue weighted by Crippen LogP contribution is -2.02. The number of ether oxygens (including phenoxy) is 1. The average molecular weight is 251 g/mol. The second-order valence-electron chi connectivity index (χ2n) is 2.48. The Morgan fingerprint density at radius 3 is 2.38 bits per heavy atom. The summed E-state index contributed by atoms with van der Waals surface area (Å²) in [7, 11) is 0. The molecule has 0 aromatic heterocycles. The molecule has 4 heteroatoms.